The van der Waals surface area contributed by atoms with E-state index in [4.69, 9.17) is 4.99 Å². The van der Waals surface area contributed by atoms with E-state index in [-0.39, 0.29) is 0 Å². The van der Waals surface area contributed by atoms with Gasteiger partial charge in [-0.2, -0.15) is 10.2 Å². The molecule has 0 unspecified atom stereocenters. The lowest BCUT2D eigenvalue weighted by Crippen LogP contribution is -2.38. The molecule has 0 aliphatic rings. The monoisotopic (exact) mass is 365 g/mol. The van der Waals surface area contributed by atoms with E-state index in [0.717, 1.165) is 32.0 Å². The van der Waals surface area contributed by atoms with Crippen LogP contribution in [0.15, 0.2) is 60.1 Å². The van der Waals surface area contributed by atoms with Gasteiger partial charge in [0, 0.05) is 38.7 Å². The summed E-state index contributed by atoms with van der Waals surface area (Å²) in [6.07, 6.45) is 8.63. The first-order valence-corrected chi connectivity index (χ1v) is 9.28. The van der Waals surface area contributed by atoms with E-state index in [1.807, 2.05) is 41.1 Å². The topological polar surface area (TPSA) is 72.1 Å². The van der Waals surface area contributed by atoms with Crippen LogP contribution in [0.25, 0.3) is 0 Å². The van der Waals surface area contributed by atoms with Crippen LogP contribution in [0.4, 0.5) is 0 Å². The molecule has 142 valence electrons. The van der Waals surface area contributed by atoms with Crippen LogP contribution in [0.3, 0.4) is 0 Å². The summed E-state index contributed by atoms with van der Waals surface area (Å²) in [6, 6.07) is 10.3. The third-order valence-corrected chi connectivity index (χ3v) is 4.23. The maximum atomic E-state index is 4.75. The highest BCUT2D eigenvalue weighted by Gasteiger charge is 2.04. The summed E-state index contributed by atoms with van der Waals surface area (Å²) in [4.78, 5) is 4.75. The fourth-order valence-corrected chi connectivity index (χ4v) is 2.87. The van der Waals surface area contributed by atoms with Crippen LogP contribution in [-0.2, 0) is 26.6 Å². The van der Waals surface area contributed by atoms with E-state index < -0.39 is 0 Å². The zero-order chi connectivity index (χ0) is 18.9. The van der Waals surface area contributed by atoms with Crippen molar-refractivity contribution in [3.8, 4) is 0 Å². The molecule has 0 saturated carbocycles. The predicted molar refractivity (Wildman–Crippen MR) is 108 cm³/mol. The van der Waals surface area contributed by atoms with Gasteiger partial charge in [-0.05, 0) is 36.1 Å². The van der Waals surface area contributed by atoms with Crippen molar-refractivity contribution in [1.29, 1.82) is 0 Å². The van der Waals surface area contributed by atoms with E-state index in [1.54, 1.807) is 6.20 Å². The van der Waals surface area contributed by atoms with Crippen molar-refractivity contribution < 1.29 is 0 Å². The molecule has 7 nitrogen and oxygen atoms in total. The molecule has 27 heavy (non-hydrogen) atoms. The first-order valence-electron chi connectivity index (χ1n) is 9.28. The van der Waals surface area contributed by atoms with Crippen LogP contribution in [0.5, 0.6) is 0 Å². The maximum Gasteiger partial charge on any atom is 0.191 e. The summed E-state index contributed by atoms with van der Waals surface area (Å²) < 4.78 is 3.76. The van der Waals surface area contributed by atoms with Gasteiger partial charge in [-0.3, -0.25) is 9.36 Å². The molecule has 0 aliphatic heterocycles. The Morgan fingerprint density at radius 2 is 1.96 bits per heavy atom. The Bertz CT molecular complexity index is 849. The smallest absolute Gasteiger partial charge is 0.191 e. The molecule has 0 saturated heterocycles. The molecule has 2 N–H and O–H groups in total. The van der Waals surface area contributed by atoms with Gasteiger partial charge >= 0.3 is 0 Å². The fourth-order valence-electron chi connectivity index (χ4n) is 2.87. The summed E-state index contributed by atoms with van der Waals surface area (Å²) >= 11 is 0. The molecular weight excluding hydrogens is 338 g/mol. The molecule has 0 radical (unpaired) electrons. The van der Waals surface area contributed by atoms with Crippen molar-refractivity contribution >= 4 is 5.96 Å². The molecule has 3 rings (SSSR count). The Labute approximate surface area is 160 Å². The Kier molecular flexibility index (Phi) is 6.62. The van der Waals surface area contributed by atoms with Gasteiger partial charge in [0.1, 0.15) is 0 Å². The van der Waals surface area contributed by atoms with Gasteiger partial charge in [0.25, 0.3) is 0 Å². The minimum atomic E-state index is 0.625. The number of aliphatic imine (C=N–C) groups is 1. The Hall–Kier alpha value is -3.09. The zero-order valence-electron chi connectivity index (χ0n) is 16.0. The minimum Gasteiger partial charge on any atom is -0.357 e. The van der Waals surface area contributed by atoms with Gasteiger partial charge < -0.3 is 10.6 Å². The number of guanidine groups is 1. The van der Waals surface area contributed by atoms with Gasteiger partial charge in [-0.1, -0.05) is 24.3 Å². The van der Waals surface area contributed by atoms with Crippen LogP contribution in [-0.4, -0.2) is 38.6 Å². The van der Waals surface area contributed by atoms with Crippen LogP contribution in [0.1, 0.15) is 23.6 Å². The van der Waals surface area contributed by atoms with Crippen molar-refractivity contribution in [1.82, 2.24) is 30.2 Å². The summed E-state index contributed by atoms with van der Waals surface area (Å²) in [6.45, 7) is 5.09. The number of aryl methyl sites for hydroxylation is 1. The standard InChI is InChI=1S/C20H27N7/c1-3-21-20(22-11-9-17-13-25-26(2)15-17)23-14-18-7-4-5-8-19(18)16-27-12-6-10-24-27/h4-8,10,12-13,15H,3,9,11,14,16H2,1-2H3,(H2,21,22,23). The van der Waals surface area contributed by atoms with Crippen molar-refractivity contribution in [2.24, 2.45) is 12.0 Å². The molecule has 2 aromatic heterocycles. The lowest BCUT2D eigenvalue weighted by molar-refractivity contribution is 0.680. The average molecular weight is 365 g/mol. The number of hydrogen-bond acceptors (Lipinski definition) is 3. The normalized spacial score (nSPS) is 11.6. The maximum absolute atomic E-state index is 4.75. The first kappa shape index (κ1) is 18.7. The molecule has 1 aromatic carbocycles. The molecule has 0 bridgehead atoms. The van der Waals surface area contributed by atoms with E-state index in [2.05, 4.69) is 52.0 Å². The van der Waals surface area contributed by atoms with Crippen molar-refractivity contribution in [3.63, 3.8) is 0 Å². The van der Waals surface area contributed by atoms with E-state index in [9.17, 15) is 0 Å². The van der Waals surface area contributed by atoms with E-state index in [0.29, 0.717) is 6.54 Å². The van der Waals surface area contributed by atoms with Gasteiger partial charge in [0.15, 0.2) is 5.96 Å². The molecule has 0 atom stereocenters. The fraction of sp³-hybridized carbons (Fsp3) is 0.350. The highest BCUT2D eigenvalue weighted by molar-refractivity contribution is 5.79. The Morgan fingerprint density at radius 3 is 2.67 bits per heavy atom. The van der Waals surface area contributed by atoms with E-state index >= 15 is 0 Å². The quantitative estimate of drug-likeness (QED) is 0.473. The number of nitrogens with one attached hydrogen (secondary N) is 2. The SMILES string of the molecule is CCNC(=NCc1ccccc1Cn1cccn1)NCCc1cnn(C)c1. The van der Waals surface area contributed by atoms with Gasteiger partial charge in [0.2, 0.25) is 0 Å². The van der Waals surface area contributed by atoms with Crippen LogP contribution >= 0.6 is 0 Å². The summed E-state index contributed by atoms with van der Waals surface area (Å²) in [5.41, 5.74) is 3.65. The molecule has 3 aromatic rings. The molecular formula is C20H27N7. The van der Waals surface area contributed by atoms with Gasteiger partial charge in [-0.25, -0.2) is 4.99 Å². The molecule has 0 fully saturated rings. The number of aromatic nitrogens is 4. The lowest BCUT2D eigenvalue weighted by atomic mass is 10.1. The predicted octanol–water partition coefficient (Wildman–Crippen LogP) is 1.96. The van der Waals surface area contributed by atoms with Crippen molar-refractivity contribution in [2.75, 3.05) is 13.1 Å². The second kappa shape index (κ2) is 9.56. The molecule has 2 heterocycles. The Balaban J connectivity index is 1.60. The zero-order valence-corrected chi connectivity index (χ0v) is 16.0. The highest BCUT2D eigenvalue weighted by atomic mass is 15.3. The molecule has 0 amide bonds. The minimum absolute atomic E-state index is 0.625. The number of nitrogens with zero attached hydrogens (tertiary/aromatic N) is 5. The first-order chi connectivity index (χ1) is 13.2. The third-order valence-electron chi connectivity index (χ3n) is 4.23. The highest BCUT2D eigenvalue weighted by Crippen LogP contribution is 2.11. The second-order valence-electron chi connectivity index (χ2n) is 6.37. The number of rotatable bonds is 8. The number of hydrogen-bond donors (Lipinski definition) is 2. The summed E-state index contributed by atoms with van der Waals surface area (Å²) in [7, 11) is 1.93. The van der Waals surface area contributed by atoms with Gasteiger partial charge in [-0.15, -0.1) is 0 Å². The largest absolute Gasteiger partial charge is 0.357 e. The molecule has 0 aliphatic carbocycles. The van der Waals surface area contributed by atoms with Crippen molar-refractivity contribution in [3.05, 3.63) is 71.8 Å². The number of benzene rings is 1. The summed E-state index contributed by atoms with van der Waals surface area (Å²) in [5.74, 6) is 0.829. The molecule has 7 heteroatoms. The van der Waals surface area contributed by atoms with Gasteiger partial charge in [0.05, 0.1) is 19.3 Å². The second-order valence-corrected chi connectivity index (χ2v) is 6.37. The summed E-state index contributed by atoms with van der Waals surface area (Å²) in [5, 5.41) is 15.2. The molecule has 0 spiro atoms. The lowest BCUT2D eigenvalue weighted by Gasteiger charge is -2.12. The van der Waals surface area contributed by atoms with Crippen LogP contribution in [0, 0.1) is 0 Å². The Morgan fingerprint density at radius 1 is 1.11 bits per heavy atom. The average Bonchev–Trinajstić information content (AvgIpc) is 3.32. The van der Waals surface area contributed by atoms with Crippen LogP contribution in [0.2, 0.25) is 0 Å². The third kappa shape index (κ3) is 5.70. The van der Waals surface area contributed by atoms with Crippen LogP contribution < -0.4 is 10.6 Å². The van der Waals surface area contributed by atoms with Crippen molar-refractivity contribution in [2.45, 2.75) is 26.4 Å². The van der Waals surface area contributed by atoms with E-state index in [1.165, 1.54) is 16.7 Å².